The Bertz CT molecular complexity index is 656. The molecule has 5 nitrogen and oxygen atoms in total. The van der Waals surface area contributed by atoms with Gasteiger partial charge in [0.05, 0.1) is 5.56 Å². The van der Waals surface area contributed by atoms with Crippen molar-refractivity contribution in [2.45, 2.75) is 24.8 Å². The highest BCUT2D eigenvalue weighted by Gasteiger charge is 2.32. The highest BCUT2D eigenvalue weighted by Crippen LogP contribution is 2.36. The van der Waals surface area contributed by atoms with Gasteiger partial charge >= 0.3 is 5.97 Å². The van der Waals surface area contributed by atoms with Crippen molar-refractivity contribution in [1.29, 1.82) is 0 Å². The molecule has 0 aliphatic heterocycles. The van der Waals surface area contributed by atoms with Gasteiger partial charge in [-0.2, -0.15) is 0 Å². The van der Waals surface area contributed by atoms with E-state index in [9.17, 15) is 9.59 Å². The molecule has 5 heteroatoms. The van der Waals surface area contributed by atoms with Crippen LogP contribution in [-0.4, -0.2) is 23.0 Å². The van der Waals surface area contributed by atoms with Gasteiger partial charge in [0, 0.05) is 12.1 Å². The largest absolute Gasteiger partial charge is 0.478 e. The number of aromatic carboxylic acids is 1. The molecule has 0 radical (unpaired) electrons. The monoisotopic (exact) mass is 285 g/mol. The van der Waals surface area contributed by atoms with Crippen LogP contribution in [0.1, 0.15) is 45.2 Å². The third-order valence-corrected chi connectivity index (χ3v) is 3.81. The molecule has 0 unspecified atom stereocenters. The quantitative estimate of drug-likeness (QED) is 0.905. The second kappa shape index (κ2) is 5.44. The summed E-state index contributed by atoms with van der Waals surface area (Å²) in [5, 5.41) is 11.6. The minimum atomic E-state index is -1.11. The van der Waals surface area contributed by atoms with Crippen molar-refractivity contribution in [1.82, 2.24) is 5.32 Å². The number of benzene rings is 1. The van der Waals surface area contributed by atoms with Crippen LogP contribution in [-0.2, 0) is 0 Å². The van der Waals surface area contributed by atoms with Crippen molar-refractivity contribution < 1.29 is 19.1 Å². The Morgan fingerprint density at radius 1 is 1.19 bits per heavy atom. The van der Waals surface area contributed by atoms with Crippen molar-refractivity contribution in [2.24, 2.45) is 0 Å². The van der Waals surface area contributed by atoms with E-state index in [4.69, 9.17) is 9.52 Å². The number of nitrogens with one attached hydrogen (secondary N) is 1. The fourth-order valence-electron chi connectivity index (χ4n) is 2.56. The lowest BCUT2D eigenvalue weighted by Gasteiger charge is -2.36. The van der Waals surface area contributed by atoms with Gasteiger partial charge in [0.25, 0.3) is 5.91 Å². The molecular formula is C16H15NO4. The molecule has 1 aliphatic rings. The van der Waals surface area contributed by atoms with Crippen molar-refractivity contribution in [2.75, 3.05) is 0 Å². The molecule has 0 bridgehead atoms. The molecule has 1 aliphatic carbocycles. The van der Waals surface area contributed by atoms with E-state index in [1.54, 1.807) is 0 Å². The lowest BCUT2D eigenvalue weighted by Crippen LogP contribution is -2.43. The molecule has 21 heavy (non-hydrogen) atoms. The van der Waals surface area contributed by atoms with Crippen LogP contribution in [0, 0.1) is 0 Å². The second-order valence-corrected chi connectivity index (χ2v) is 5.25. The first-order chi connectivity index (χ1) is 10.1. The maximum absolute atomic E-state index is 11.9. The van der Waals surface area contributed by atoms with Crippen LogP contribution in [0.15, 0.2) is 47.1 Å². The number of carbonyl (C=O) groups is 2. The molecule has 3 rings (SSSR count). The first kappa shape index (κ1) is 13.4. The number of amides is 1. The third-order valence-electron chi connectivity index (χ3n) is 3.81. The zero-order valence-electron chi connectivity index (χ0n) is 11.3. The van der Waals surface area contributed by atoms with Gasteiger partial charge < -0.3 is 14.8 Å². The number of hydrogen-bond donors (Lipinski definition) is 2. The van der Waals surface area contributed by atoms with E-state index in [-0.39, 0.29) is 23.3 Å². The summed E-state index contributed by atoms with van der Waals surface area (Å²) in [4.78, 5) is 22.7. The number of carbonyl (C=O) groups excluding carboxylic acids is 1. The first-order valence-corrected chi connectivity index (χ1v) is 6.81. The van der Waals surface area contributed by atoms with Crippen LogP contribution in [0.25, 0.3) is 0 Å². The predicted octanol–water partition coefficient (Wildman–Crippen LogP) is 2.65. The Balaban J connectivity index is 1.54. The van der Waals surface area contributed by atoms with E-state index in [1.807, 2.05) is 18.2 Å². The predicted molar refractivity (Wildman–Crippen MR) is 75.3 cm³/mol. The Kier molecular flexibility index (Phi) is 3.48. The lowest BCUT2D eigenvalue weighted by molar-refractivity contribution is 0.0695. The summed E-state index contributed by atoms with van der Waals surface area (Å²) in [5.41, 5.74) is 1.27. The topological polar surface area (TPSA) is 79.5 Å². The first-order valence-electron chi connectivity index (χ1n) is 6.81. The van der Waals surface area contributed by atoms with Crippen LogP contribution < -0.4 is 5.32 Å². The van der Waals surface area contributed by atoms with E-state index in [1.165, 1.54) is 11.6 Å². The fourth-order valence-corrected chi connectivity index (χ4v) is 2.56. The minimum Gasteiger partial charge on any atom is -0.478 e. The summed E-state index contributed by atoms with van der Waals surface area (Å²) < 4.78 is 4.98. The molecule has 0 spiro atoms. The average Bonchev–Trinajstić information content (AvgIpc) is 2.93. The molecule has 1 fully saturated rings. The molecule has 0 atom stereocenters. The lowest BCUT2D eigenvalue weighted by atomic mass is 9.76. The fraction of sp³-hybridized carbons (Fsp3) is 0.250. The molecule has 108 valence electrons. The standard InChI is InChI=1S/C16H15NO4/c18-15(14-8-12(9-21-14)16(19)20)17-13-6-11(7-13)10-4-2-1-3-5-10/h1-5,8-9,11,13H,6-7H2,(H,17,18)(H,19,20). The highest BCUT2D eigenvalue weighted by molar-refractivity contribution is 5.95. The zero-order valence-corrected chi connectivity index (χ0v) is 11.3. The number of furan rings is 1. The summed E-state index contributed by atoms with van der Waals surface area (Å²) in [6.07, 6.45) is 2.86. The SMILES string of the molecule is O=C(O)c1coc(C(=O)NC2CC(c3ccccc3)C2)c1. The zero-order chi connectivity index (χ0) is 14.8. The van der Waals surface area contributed by atoms with Crippen LogP contribution in [0.2, 0.25) is 0 Å². The number of carboxylic acids is 1. The van der Waals surface area contributed by atoms with Gasteiger partial charge in [0.2, 0.25) is 0 Å². The van der Waals surface area contributed by atoms with Crippen molar-refractivity contribution >= 4 is 11.9 Å². The summed E-state index contributed by atoms with van der Waals surface area (Å²) in [5.74, 6) is -0.956. The van der Waals surface area contributed by atoms with Gasteiger partial charge in [-0.05, 0) is 24.3 Å². The molecule has 2 N–H and O–H groups in total. The molecule has 0 saturated heterocycles. The molecule has 1 aromatic carbocycles. The molecule has 1 amide bonds. The average molecular weight is 285 g/mol. The highest BCUT2D eigenvalue weighted by atomic mass is 16.4. The molecule has 1 heterocycles. The van der Waals surface area contributed by atoms with Crippen LogP contribution in [0.4, 0.5) is 0 Å². The van der Waals surface area contributed by atoms with Crippen LogP contribution in [0.3, 0.4) is 0 Å². The number of carboxylic acid groups (broad SMARTS) is 1. The van der Waals surface area contributed by atoms with E-state index in [2.05, 4.69) is 17.4 Å². The Labute approximate surface area is 121 Å². The molecule has 1 saturated carbocycles. The molecule has 2 aromatic rings. The van der Waals surface area contributed by atoms with Crippen LogP contribution in [0.5, 0.6) is 0 Å². The summed E-state index contributed by atoms with van der Waals surface area (Å²) in [6, 6.07) is 11.5. The number of rotatable bonds is 4. The van der Waals surface area contributed by atoms with Gasteiger partial charge in [-0.25, -0.2) is 4.79 Å². The van der Waals surface area contributed by atoms with E-state index >= 15 is 0 Å². The van der Waals surface area contributed by atoms with Crippen molar-refractivity contribution in [3.63, 3.8) is 0 Å². The van der Waals surface area contributed by atoms with Crippen LogP contribution >= 0.6 is 0 Å². The van der Waals surface area contributed by atoms with Gasteiger partial charge in [-0.1, -0.05) is 30.3 Å². The maximum Gasteiger partial charge on any atom is 0.338 e. The van der Waals surface area contributed by atoms with Gasteiger partial charge in [-0.3, -0.25) is 4.79 Å². The van der Waals surface area contributed by atoms with Gasteiger partial charge in [0.1, 0.15) is 6.26 Å². The summed E-state index contributed by atoms with van der Waals surface area (Å²) >= 11 is 0. The normalized spacial score (nSPS) is 20.6. The van der Waals surface area contributed by atoms with Crippen molar-refractivity contribution in [3.05, 3.63) is 59.5 Å². The van der Waals surface area contributed by atoms with Crippen molar-refractivity contribution in [3.8, 4) is 0 Å². The van der Waals surface area contributed by atoms with Gasteiger partial charge in [-0.15, -0.1) is 0 Å². The van der Waals surface area contributed by atoms with E-state index in [0.717, 1.165) is 19.1 Å². The minimum absolute atomic E-state index is 0.0177. The summed E-state index contributed by atoms with van der Waals surface area (Å²) in [7, 11) is 0. The second-order valence-electron chi connectivity index (χ2n) is 5.25. The Morgan fingerprint density at radius 3 is 2.52 bits per heavy atom. The summed E-state index contributed by atoms with van der Waals surface area (Å²) in [6.45, 7) is 0. The maximum atomic E-state index is 11.9. The van der Waals surface area contributed by atoms with Gasteiger partial charge in [0.15, 0.2) is 5.76 Å². The number of hydrogen-bond acceptors (Lipinski definition) is 3. The van der Waals surface area contributed by atoms with E-state index < -0.39 is 5.97 Å². The smallest absolute Gasteiger partial charge is 0.338 e. The third kappa shape index (κ3) is 2.81. The van der Waals surface area contributed by atoms with E-state index in [0.29, 0.717) is 5.92 Å². The molecule has 1 aromatic heterocycles. The Morgan fingerprint density at radius 2 is 1.90 bits per heavy atom. The Hall–Kier alpha value is -2.56. The molecular weight excluding hydrogens is 270 g/mol.